The lowest BCUT2D eigenvalue weighted by Crippen LogP contribution is -2.55. The van der Waals surface area contributed by atoms with Crippen LogP contribution in [0.15, 0.2) is 48.5 Å². The van der Waals surface area contributed by atoms with Crippen LogP contribution in [0.5, 0.6) is 5.75 Å². The van der Waals surface area contributed by atoms with Crippen LogP contribution in [0.4, 0.5) is 18.0 Å². The van der Waals surface area contributed by atoms with E-state index in [0.29, 0.717) is 12.8 Å². The molecular formula is C25H26F3NO4. The molecule has 2 aromatic carbocycles. The standard InChI is InChI=1S/C25H26F3NO4/c1-32-22-14-18(25(26,27)28)10-11-21(22)23(30)17-12-19-8-5-9-20(13-17)29(19)24(31)33-15-16-6-3-2-4-7-16/h2-4,6-7,10-11,14,17,19-20H,5,8-9,12-13,15H2,1H3. The first-order valence-corrected chi connectivity index (χ1v) is 11.1. The average Bonchev–Trinajstić information content (AvgIpc) is 2.80. The number of benzene rings is 2. The quantitative estimate of drug-likeness (QED) is 0.523. The lowest BCUT2D eigenvalue weighted by atomic mass is 9.75. The molecule has 33 heavy (non-hydrogen) atoms. The SMILES string of the molecule is COc1cc(C(F)(F)F)ccc1C(=O)C1CC2CCCC(C1)N2C(=O)OCc1ccccc1. The number of hydrogen-bond donors (Lipinski definition) is 0. The van der Waals surface area contributed by atoms with Gasteiger partial charge in [0.25, 0.3) is 0 Å². The normalized spacial score (nSPS) is 22.5. The maximum Gasteiger partial charge on any atom is 0.416 e. The summed E-state index contributed by atoms with van der Waals surface area (Å²) < 4.78 is 49.8. The highest BCUT2D eigenvalue weighted by atomic mass is 19.4. The van der Waals surface area contributed by atoms with Gasteiger partial charge in [-0.2, -0.15) is 13.2 Å². The van der Waals surface area contributed by atoms with Crippen molar-refractivity contribution in [3.63, 3.8) is 0 Å². The van der Waals surface area contributed by atoms with Crippen LogP contribution >= 0.6 is 0 Å². The zero-order valence-electron chi connectivity index (χ0n) is 18.3. The molecule has 0 aliphatic carbocycles. The number of Topliss-reactive ketones (excluding diaryl/α,β-unsaturated/α-hetero) is 1. The summed E-state index contributed by atoms with van der Waals surface area (Å²) >= 11 is 0. The van der Waals surface area contributed by atoms with Gasteiger partial charge in [0.05, 0.1) is 18.2 Å². The maximum absolute atomic E-state index is 13.3. The number of ketones is 1. The Bertz CT molecular complexity index is 994. The van der Waals surface area contributed by atoms with Crippen LogP contribution in [0.25, 0.3) is 0 Å². The fourth-order valence-corrected chi connectivity index (χ4v) is 4.98. The van der Waals surface area contributed by atoms with Gasteiger partial charge in [-0.25, -0.2) is 4.79 Å². The topological polar surface area (TPSA) is 55.8 Å². The number of fused-ring (bicyclic) bond motifs is 2. The van der Waals surface area contributed by atoms with E-state index >= 15 is 0 Å². The van der Waals surface area contributed by atoms with Gasteiger partial charge < -0.3 is 14.4 Å². The lowest BCUT2D eigenvalue weighted by molar-refractivity contribution is -0.137. The number of carbonyl (C=O) groups is 2. The molecule has 2 atom stereocenters. The van der Waals surface area contributed by atoms with Gasteiger partial charge in [0.1, 0.15) is 12.4 Å². The van der Waals surface area contributed by atoms with E-state index in [1.807, 2.05) is 30.3 Å². The molecule has 2 aliphatic rings. The molecule has 2 aromatic rings. The lowest BCUT2D eigenvalue weighted by Gasteiger charge is -2.47. The Labute approximate surface area is 190 Å². The van der Waals surface area contributed by atoms with Gasteiger partial charge in [-0.3, -0.25) is 4.79 Å². The third kappa shape index (κ3) is 4.99. The van der Waals surface area contributed by atoms with E-state index in [1.165, 1.54) is 13.2 Å². The zero-order valence-corrected chi connectivity index (χ0v) is 18.3. The minimum atomic E-state index is -4.52. The van der Waals surface area contributed by atoms with Crippen LogP contribution < -0.4 is 4.74 Å². The van der Waals surface area contributed by atoms with Crippen LogP contribution in [0.3, 0.4) is 0 Å². The fraction of sp³-hybridized carbons (Fsp3) is 0.440. The Morgan fingerprint density at radius 3 is 2.30 bits per heavy atom. The number of carbonyl (C=O) groups excluding carboxylic acids is 2. The number of alkyl halides is 3. The van der Waals surface area contributed by atoms with Gasteiger partial charge >= 0.3 is 12.3 Å². The van der Waals surface area contributed by atoms with Crippen LogP contribution in [0, 0.1) is 5.92 Å². The second-order valence-corrected chi connectivity index (χ2v) is 8.63. The van der Waals surface area contributed by atoms with E-state index < -0.39 is 11.7 Å². The second-order valence-electron chi connectivity index (χ2n) is 8.63. The molecule has 2 fully saturated rings. The number of hydrogen-bond acceptors (Lipinski definition) is 4. The van der Waals surface area contributed by atoms with E-state index in [-0.39, 0.29) is 47.8 Å². The first-order valence-electron chi connectivity index (χ1n) is 11.1. The molecule has 0 radical (unpaired) electrons. The largest absolute Gasteiger partial charge is 0.496 e. The molecule has 2 aliphatic heterocycles. The molecule has 0 spiro atoms. The Balaban J connectivity index is 1.47. The van der Waals surface area contributed by atoms with Gasteiger partial charge in [0.15, 0.2) is 5.78 Å². The molecule has 2 saturated heterocycles. The number of ether oxygens (including phenoxy) is 2. The van der Waals surface area contributed by atoms with Crippen LogP contribution in [-0.4, -0.2) is 36.0 Å². The van der Waals surface area contributed by atoms with Gasteiger partial charge in [0, 0.05) is 18.0 Å². The van der Waals surface area contributed by atoms with Gasteiger partial charge in [-0.1, -0.05) is 30.3 Å². The van der Waals surface area contributed by atoms with E-state index in [4.69, 9.17) is 9.47 Å². The summed E-state index contributed by atoms with van der Waals surface area (Å²) in [5.41, 5.74) is 0.188. The smallest absolute Gasteiger partial charge is 0.416 e. The fourth-order valence-electron chi connectivity index (χ4n) is 4.98. The number of halogens is 3. The average molecular weight is 461 g/mol. The molecule has 5 nitrogen and oxygen atoms in total. The number of nitrogens with zero attached hydrogens (tertiary/aromatic N) is 1. The van der Waals surface area contributed by atoms with E-state index in [2.05, 4.69) is 0 Å². The van der Waals surface area contributed by atoms with Crippen molar-refractivity contribution >= 4 is 11.9 Å². The first-order chi connectivity index (χ1) is 15.8. The van der Waals surface area contributed by atoms with Crippen molar-refractivity contribution in [1.82, 2.24) is 4.90 Å². The Hall–Kier alpha value is -3.03. The van der Waals surface area contributed by atoms with Gasteiger partial charge in [0.2, 0.25) is 0 Å². The van der Waals surface area contributed by atoms with Crippen molar-refractivity contribution in [3.8, 4) is 5.75 Å². The predicted molar refractivity (Wildman–Crippen MR) is 115 cm³/mol. The minimum Gasteiger partial charge on any atom is -0.496 e. The van der Waals surface area contributed by atoms with Crippen molar-refractivity contribution < 1.29 is 32.2 Å². The summed E-state index contributed by atoms with van der Waals surface area (Å²) in [5, 5.41) is 0. The molecule has 0 N–H and O–H groups in total. The number of amides is 1. The minimum absolute atomic E-state index is 0.0790. The van der Waals surface area contributed by atoms with Crippen LogP contribution in [0.1, 0.15) is 53.6 Å². The summed E-state index contributed by atoms with van der Waals surface area (Å²) in [5.74, 6) is -0.705. The molecule has 0 saturated carbocycles. The third-order valence-electron chi connectivity index (χ3n) is 6.56. The Morgan fingerprint density at radius 2 is 1.70 bits per heavy atom. The van der Waals surface area contributed by atoms with Crippen molar-refractivity contribution in [1.29, 1.82) is 0 Å². The second kappa shape index (κ2) is 9.45. The first kappa shape index (κ1) is 23.1. The number of piperidine rings is 2. The molecule has 0 aromatic heterocycles. The zero-order chi connectivity index (χ0) is 23.6. The maximum atomic E-state index is 13.3. The van der Waals surface area contributed by atoms with Gasteiger partial charge in [-0.05, 0) is 55.9 Å². The van der Waals surface area contributed by atoms with Crippen molar-refractivity contribution in [2.24, 2.45) is 5.92 Å². The molecule has 2 heterocycles. The van der Waals surface area contributed by atoms with Crippen molar-refractivity contribution in [2.45, 2.75) is 57.0 Å². The highest BCUT2D eigenvalue weighted by Crippen LogP contribution is 2.40. The summed E-state index contributed by atoms with van der Waals surface area (Å²) in [6.45, 7) is 0.181. The summed E-state index contributed by atoms with van der Waals surface area (Å²) in [4.78, 5) is 27.9. The summed E-state index contributed by atoms with van der Waals surface area (Å²) in [6.07, 6.45) is -1.48. The molecule has 2 bridgehead atoms. The van der Waals surface area contributed by atoms with Crippen LogP contribution in [-0.2, 0) is 17.5 Å². The molecule has 2 unspecified atom stereocenters. The molecule has 176 valence electrons. The number of methoxy groups -OCH3 is 1. The molecule has 8 heteroatoms. The highest BCUT2D eigenvalue weighted by Gasteiger charge is 2.44. The number of rotatable bonds is 5. The van der Waals surface area contributed by atoms with E-state index in [1.54, 1.807) is 4.90 Å². The molecule has 1 amide bonds. The van der Waals surface area contributed by atoms with E-state index in [0.717, 1.165) is 37.0 Å². The molecular weight excluding hydrogens is 435 g/mol. The summed E-state index contributed by atoms with van der Waals surface area (Å²) in [7, 11) is 1.26. The molecule has 4 rings (SSSR count). The Morgan fingerprint density at radius 1 is 1.03 bits per heavy atom. The summed E-state index contributed by atoms with van der Waals surface area (Å²) in [6, 6.07) is 12.1. The Kier molecular flexibility index (Phi) is 6.63. The van der Waals surface area contributed by atoms with Crippen molar-refractivity contribution in [3.05, 3.63) is 65.2 Å². The van der Waals surface area contributed by atoms with E-state index in [9.17, 15) is 22.8 Å². The third-order valence-corrected chi connectivity index (χ3v) is 6.56. The van der Waals surface area contributed by atoms with Crippen molar-refractivity contribution in [2.75, 3.05) is 7.11 Å². The van der Waals surface area contributed by atoms with Gasteiger partial charge in [-0.15, -0.1) is 0 Å². The highest BCUT2D eigenvalue weighted by molar-refractivity contribution is 6.00. The monoisotopic (exact) mass is 461 g/mol. The predicted octanol–water partition coefficient (Wildman–Crippen LogP) is 5.87. The van der Waals surface area contributed by atoms with Crippen LogP contribution in [0.2, 0.25) is 0 Å².